The van der Waals surface area contributed by atoms with E-state index in [1.807, 2.05) is 47.8 Å². The number of benzene rings is 2. The third-order valence-corrected chi connectivity index (χ3v) is 4.57. The molecule has 0 saturated heterocycles. The number of amides is 1. The summed E-state index contributed by atoms with van der Waals surface area (Å²) in [6.07, 6.45) is 0. The van der Waals surface area contributed by atoms with E-state index < -0.39 is 0 Å². The molecule has 2 heterocycles. The van der Waals surface area contributed by atoms with Gasteiger partial charge in [0.1, 0.15) is 5.75 Å². The number of thiophene rings is 1. The van der Waals surface area contributed by atoms with E-state index in [2.05, 4.69) is 15.5 Å². The first-order chi connectivity index (χ1) is 13.3. The standard InChI is InChI=1S/C20H15N3O3S/c24-19(21-14-7-2-1-3-8-14)15-9-4-5-10-16(15)25-13-18-22-23-20(26-18)17-11-6-12-27-17/h1-12H,13H2,(H,21,24). The summed E-state index contributed by atoms with van der Waals surface area (Å²) in [5, 5.41) is 12.8. The molecular formula is C20H15N3O3S. The highest BCUT2D eigenvalue weighted by Gasteiger charge is 2.14. The molecule has 1 amide bonds. The van der Waals surface area contributed by atoms with Crippen molar-refractivity contribution >= 4 is 22.9 Å². The van der Waals surface area contributed by atoms with E-state index in [0.29, 0.717) is 23.1 Å². The Kier molecular flexibility index (Phi) is 4.93. The Morgan fingerprint density at radius 2 is 1.81 bits per heavy atom. The van der Waals surface area contributed by atoms with Gasteiger partial charge in [0.15, 0.2) is 6.61 Å². The van der Waals surface area contributed by atoms with Crippen LogP contribution in [0.2, 0.25) is 0 Å². The van der Waals surface area contributed by atoms with E-state index in [9.17, 15) is 4.79 Å². The number of anilines is 1. The Balaban J connectivity index is 1.46. The topological polar surface area (TPSA) is 77.2 Å². The van der Waals surface area contributed by atoms with Crippen LogP contribution in [0, 0.1) is 0 Å². The van der Waals surface area contributed by atoms with Gasteiger partial charge in [-0.1, -0.05) is 36.4 Å². The molecule has 2 aromatic carbocycles. The molecule has 2 aromatic heterocycles. The van der Waals surface area contributed by atoms with Crippen molar-refractivity contribution in [1.29, 1.82) is 0 Å². The van der Waals surface area contributed by atoms with Gasteiger partial charge < -0.3 is 14.5 Å². The molecule has 1 N–H and O–H groups in total. The second-order valence-electron chi connectivity index (χ2n) is 5.58. The molecule has 0 radical (unpaired) electrons. The first-order valence-corrected chi connectivity index (χ1v) is 9.12. The number of hydrogen-bond donors (Lipinski definition) is 1. The molecule has 0 aliphatic rings. The van der Waals surface area contributed by atoms with Crippen LogP contribution in [0.5, 0.6) is 5.75 Å². The average molecular weight is 377 g/mol. The number of rotatable bonds is 6. The van der Waals surface area contributed by atoms with Gasteiger partial charge in [-0.25, -0.2) is 0 Å². The lowest BCUT2D eigenvalue weighted by Gasteiger charge is -2.10. The number of para-hydroxylation sites is 2. The Morgan fingerprint density at radius 1 is 1.00 bits per heavy atom. The van der Waals surface area contributed by atoms with Gasteiger partial charge in [-0.2, -0.15) is 0 Å². The number of carbonyl (C=O) groups excluding carboxylic acids is 1. The van der Waals surface area contributed by atoms with Crippen molar-refractivity contribution in [3.05, 3.63) is 83.6 Å². The van der Waals surface area contributed by atoms with Crippen molar-refractivity contribution in [2.45, 2.75) is 6.61 Å². The van der Waals surface area contributed by atoms with Crippen molar-refractivity contribution in [3.8, 4) is 16.5 Å². The molecule has 134 valence electrons. The molecule has 0 aliphatic carbocycles. The molecule has 0 fully saturated rings. The fourth-order valence-corrected chi connectivity index (χ4v) is 3.10. The first kappa shape index (κ1) is 17.0. The van der Waals surface area contributed by atoms with Crippen LogP contribution in [0.1, 0.15) is 16.2 Å². The second-order valence-corrected chi connectivity index (χ2v) is 6.53. The van der Waals surface area contributed by atoms with Gasteiger partial charge in [-0.3, -0.25) is 4.79 Å². The minimum atomic E-state index is -0.249. The fourth-order valence-electron chi connectivity index (χ4n) is 2.45. The van der Waals surface area contributed by atoms with Gasteiger partial charge in [-0.05, 0) is 35.7 Å². The molecule has 0 atom stereocenters. The summed E-state index contributed by atoms with van der Waals surface area (Å²) in [5.41, 5.74) is 1.15. The molecule has 6 nitrogen and oxygen atoms in total. The monoisotopic (exact) mass is 377 g/mol. The van der Waals surface area contributed by atoms with Crippen molar-refractivity contribution in [2.24, 2.45) is 0 Å². The number of hydrogen-bond acceptors (Lipinski definition) is 6. The molecule has 0 bridgehead atoms. The molecule has 7 heteroatoms. The second kappa shape index (κ2) is 7.84. The summed E-state index contributed by atoms with van der Waals surface area (Å²) in [7, 11) is 0. The molecule has 0 unspecified atom stereocenters. The van der Waals surface area contributed by atoms with Crippen LogP contribution in [0.25, 0.3) is 10.8 Å². The van der Waals surface area contributed by atoms with Gasteiger partial charge >= 0.3 is 0 Å². The predicted molar refractivity (Wildman–Crippen MR) is 103 cm³/mol. The minimum absolute atomic E-state index is 0.0774. The molecule has 0 spiro atoms. The zero-order valence-electron chi connectivity index (χ0n) is 14.2. The normalized spacial score (nSPS) is 10.5. The van der Waals surface area contributed by atoms with E-state index in [4.69, 9.17) is 9.15 Å². The Morgan fingerprint density at radius 3 is 2.63 bits per heavy atom. The summed E-state index contributed by atoms with van der Waals surface area (Å²) in [5.74, 6) is 0.999. The Bertz CT molecular complexity index is 1030. The highest BCUT2D eigenvalue weighted by atomic mass is 32.1. The zero-order chi connectivity index (χ0) is 18.5. The molecule has 0 aliphatic heterocycles. The number of nitrogens with zero attached hydrogens (tertiary/aromatic N) is 2. The van der Waals surface area contributed by atoms with E-state index in [0.717, 1.165) is 10.6 Å². The maximum atomic E-state index is 12.6. The number of carbonyl (C=O) groups is 1. The lowest BCUT2D eigenvalue weighted by molar-refractivity contribution is 0.102. The number of ether oxygens (including phenoxy) is 1. The quantitative estimate of drug-likeness (QED) is 0.530. The summed E-state index contributed by atoms with van der Waals surface area (Å²) in [4.78, 5) is 13.5. The molecule has 0 saturated carbocycles. The summed E-state index contributed by atoms with van der Waals surface area (Å²) in [6, 6.07) is 20.1. The lowest BCUT2D eigenvalue weighted by atomic mass is 10.2. The van der Waals surface area contributed by atoms with E-state index in [1.165, 1.54) is 11.3 Å². The maximum Gasteiger partial charge on any atom is 0.259 e. The highest BCUT2D eigenvalue weighted by Crippen LogP contribution is 2.24. The van der Waals surface area contributed by atoms with Gasteiger partial charge in [0.25, 0.3) is 17.7 Å². The number of nitrogens with one attached hydrogen (secondary N) is 1. The molecule has 27 heavy (non-hydrogen) atoms. The summed E-state index contributed by atoms with van der Waals surface area (Å²) < 4.78 is 11.4. The van der Waals surface area contributed by atoms with Gasteiger partial charge in [-0.15, -0.1) is 21.5 Å². The summed E-state index contributed by atoms with van der Waals surface area (Å²) >= 11 is 1.52. The highest BCUT2D eigenvalue weighted by molar-refractivity contribution is 7.13. The SMILES string of the molecule is O=C(Nc1ccccc1)c1ccccc1OCc1nnc(-c2cccs2)o1. The third-order valence-electron chi connectivity index (χ3n) is 3.71. The largest absolute Gasteiger partial charge is 0.483 e. The van der Waals surface area contributed by atoms with E-state index in [-0.39, 0.29) is 12.5 Å². The molecular weight excluding hydrogens is 362 g/mol. The number of aromatic nitrogens is 2. The maximum absolute atomic E-state index is 12.6. The third kappa shape index (κ3) is 4.04. The van der Waals surface area contributed by atoms with Gasteiger partial charge in [0.2, 0.25) is 0 Å². The van der Waals surface area contributed by atoms with Crippen LogP contribution in [0.15, 0.2) is 76.5 Å². The van der Waals surface area contributed by atoms with Gasteiger partial charge in [0, 0.05) is 5.69 Å². The summed E-state index contributed by atoms with van der Waals surface area (Å²) in [6.45, 7) is 0.0774. The van der Waals surface area contributed by atoms with Crippen LogP contribution in [-0.2, 0) is 6.61 Å². The minimum Gasteiger partial charge on any atom is -0.483 e. The predicted octanol–water partition coefficient (Wildman–Crippen LogP) is 4.63. The lowest BCUT2D eigenvalue weighted by Crippen LogP contribution is -2.13. The molecule has 4 rings (SSSR count). The van der Waals surface area contributed by atoms with Crippen LogP contribution >= 0.6 is 11.3 Å². The zero-order valence-corrected chi connectivity index (χ0v) is 15.0. The van der Waals surface area contributed by atoms with Crippen molar-refractivity contribution in [1.82, 2.24) is 10.2 Å². The van der Waals surface area contributed by atoms with E-state index in [1.54, 1.807) is 24.3 Å². The van der Waals surface area contributed by atoms with Crippen LogP contribution in [-0.4, -0.2) is 16.1 Å². The smallest absolute Gasteiger partial charge is 0.259 e. The Labute approximate surface area is 159 Å². The van der Waals surface area contributed by atoms with Crippen LogP contribution in [0.3, 0.4) is 0 Å². The van der Waals surface area contributed by atoms with Crippen LogP contribution < -0.4 is 10.1 Å². The Hall–Kier alpha value is -3.45. The van der Waals surface area contributed by atoms with Crippen LogP contribution in [0.4, 0.5) is 5.69 Å². The van der Waals surface area contributed by atoms with Crippen molar-refractivity contribution in [2.75, 3.05) is 5.32 Å². The van der Waals surface area contributed by atoms with Crippen molar-refractivity contribution in [3.63, 3.8) is 0 Å². The molecule has 4 aromatic rings. The van der Waals surface area contributed by atoms with Crippen molar-refractivity contribution < 1.29 is 13.9 Å². The first-order valence-electron chi connectivity index (χ1n) is 8.24. The van der Waals surface area contributed by atoms with E-state index >= 15 is 0 Å². The average Bonchev–Trinajstić information content (AvgIpc) is 3.39. The fraction of sp³-hybridized carbons (Fsp3) is 0.0500. The van der Waals surface area contributed by atoms with Gasteiger partial charge in [0.05, 0.1) is 10.4 Å².